The molecule has 1 atom stereocenters. The van der Waals surface area contributed by atoms with Crippen LogP contribution in [-0.2, 0) is 0 Å². The fourth-order valence-electron chi connectivity index (χ4n) is 3.15. The van der Waals surface area contributed by atoms with E-state index < -0.39 is 0 Å². The zero-order chi connectivity index (χ0) is 16.9. The Morgan fingerprint density at radius 3 is 2.79 bits per heavy atom. The van der Waals surface area contributed by atoms with Gasteiger partial charge in [0.2, 0.25) is 0 Å². The molecule has 3 rings (SSSR count). The molecule has 1 saturated heterocycles. The zero-order valence-electron chi connectivity index (χ0n) is 14.2. The molecule has 7 heteroatoms. The predicted molar refractivity (Wildman–Crippen MR) is 90.9 cm³/mol. The first-order valence-electron chi connectivity index (χ1n) is 8.46. The Morgan fingerprint density at radius 2 is 2.12 bits per heavy atom. The van der Waals surface area contributed by atoms with Crippen molar-refractivity contribution in [2.45, 2.75) is 20.3 Å². The molecular formula is C17H24N6O. The third-order valence-electron chi connectivity index (χ3n) is 4.29. The second-order valence-electron chi connectivity index (χ2n) is 6.82. The molecule has 0 aliphatic carbocycles. The zero-order valence-corrected chi connectivity index (χ0v) is 14.2. The summed E-state index contributed by atoms with van der Waals surface area (Å²) < 4.78 is 1.56. The largest absolute Gasteiger partial charge is 0.352 e. The lowest BCUT2D eigenvalue weighted by Gasteiger charge is -2.18. The van der Waals surface area contributed by atoms with E-state index in [1.807, 2.05) is 12.1 Å². The summed E-state index contributed by atoms with van der Waals surface area (Å²) in [4.78, 5) is 14.8. The van der Waals surface area contributed by atoms with Gasteiger partial charge < -0.3 is 10.2 Å². The third kappa shape index (κ3) is 4.17. The summed E-state index contributed by atoms with van der Waals surface area (Å²) in [6.07, 6.45) is 2.68. The predicted octanol–water partition coefficient (Wildman–Crippen LogP) is 1.37. The molecule has 1 aliphatic rings. The van der Waals surface area contributed by atoms with Crippen molar-refractivity contribution >= 4 is 5.91 Å². The van der Waals surface area contributed by atoms with Crippen LogP contribution in [0.3, 0.4) is 0 Å². The number of amides is 1. The third-order valence-corrected chi connectivity index (χ3v) is 4.29. The smallest absolute Gasteiger partial charge is 0.251 e. The van der Waals surface area contributed by atoms with Crippen LogP contribution in [0.15, 0.2) is 30.6 Å². The first-order chi connectivity index (χ1) is 11.6. The minimum absolute atomic E-state index is 0.0272. The number of carbonyl (C=O) groups excluding carboxylic acids is 1. The van der Waals surface area contributed by atoms with Crippen molar-refractivity contribution < 1.29 is 4.79 Å². The van der Waals surface area contributed by atoms with Gasteiger partial charge in [-0.2, -0.15) is 0 Å². The second kappa shape index (κ2) is 7.53. The van der Waals surface area contributed by atoms with Crippen LogP contribution in [0.2, 0.25) is 0 Å². The summed E-state index contributed by atoms with van der Waals surface area (Å²) in [5.74, 6) is 1.21. The normalized spacial score (nSPS) is 18.2. The van der Waals surface area contributed by atoms with E-state index in [2.05, 4.69) is 39.6 Å². The maximum absolute atomic E-state index is 12.3. The average molecular weight is 328 g/mol. The number of aromatic nitrogens is 4. The first-order valence-corrected chi connectivity index (χ1v) is 8.46. The number of rotatable bonds is 6. The van der Waals surface area contributed by atoms with Gasteiger partial charge in [-0.05, 0) is 59.5 Å². The van der Waals surface area contributed by atoms with Gasteiger partial charge in [-0.1, -0.05) is 13.8 Å². The summed E-state index contributed by atoms with van der Waals surface area (Å²) >= 11 is 0. The molecule has 0 bridgehead atoms. The van der Waals surface area contributed by atoms with Gasteiger partial charge in [0, 0.05) is 25.2 Å². The highest BCUT2D eigenvalue weighted by molar-refractivity contribution is 5.94. The highest BCUT2D eigenvalue weighted by atomic mass is 16.1. The molecule has 0 radical (unpaired) electrons. The van der Waals surface area contributed by atoms with E-state index in [0.717, 1.165) is 38.3 Å². The number of nitrogens with zero attached hydrogens (tertiary/aromatic N) is 5. The maximum Gasteiger partial charge on any atom is 0.251 e. The molecule has 1 N–H and O–H groups in total. The first kappa shape index (κ1) is 16.6. The van der Waals surface area contributed by atoms with Crippen LogP contribution < -0.4 is 5.32 Å². The van der Waals surface area contributed by atoms with Crippen molar-refractivity contribution in [3.05, 3.63) is 36.2 Å². The monoisotopic (exact) mass is 328 g/mol. The van der Waals surface area contributed by atoms with Crippen molar-refractivity contribution in [1.29, 1.82) is 0 Å². The molecule has 2 heterocycles. The van der Waals surface area contributed by atoms with Gasteiger partial charge in [0.15, 0.2) is 0 Å². The summed E-state index contributed by atoms with van der Waals surface area (Å²) in [6, 6.07) is 7.27. The van der Waals surface area contributed by atoms with E-state index in [-0.39, 0.29) is 5.91 Å². The van der Waals surface area contributed by atoms with Crippen LogP contribution in [0.5, 0.6) is 0 Å². The van der Waals surface area contributed by atoms with E-state index in [1.165, 1.54) is 6.33 Å². The molecular weight excluding hydrogens is 304 g/mol. The number of carbonyl (C=O) groups is 1. The Hall–Kier alpha value is -2.28. The lowest BCUT2D eigenvalue weighted by molar-refractivity contribution is 0.0947. The standard InChI is InChI=1S/C17H24N6O/c1-13(2)10-22-8-7-14(11-22)9-18-17(24)15-3-5-16(6-4-15)23-12-19-20-21-23/h3-6,12-14H,7-11H2,1-2H3,(H,18,24)/t14-/m1/s1. The van der Waals surface area contributed by atoms with Crippen molar-refractivity contribution in [3.8, 4) is 5.69 Å². The molecule has 1 aliphatic heterocycles. The van der Waals surface area contributed by atoms with Crippen molar-refractivity contribution in [2.75, 3.05) is 26.2 Å². The van der Waals surface area contributed by atoms with Crippen LogP contribution in [0.25, 0.3) is 5.69 Å². The molecule has 0 saturated carbocycles. The highest BCUT2D eigenvalue weighted by Gasteiger charge is 2.23. The van der Waals surface area contributed by atoms with E-state index in [1.54, 1.807) is 16.8 Å². The number of likely N-dealkylation sites (tertiary alicyclic amines) is 1. The summed E-state index contributed by atoms with van der Waals surface area (Å²) in [7, 11) is 0. The van der Waals surface area contributed by atoms with Gasteiger partial charge in [0.05, 0.1) is 5.69 Å². The van der Waals surface area contributed by atoms with Gasteiger partial charge in [0.25, 0.3) is 5.91 Å². The Kier molecular flexibility index (Phi) is 5.20. The minimum Gasteiger partial charge on any atom is -0.352 e. The Bertz CT molecular complexity index is 652. The lowest BCUT2D eigenvalue weighted by atomic mass is 10.1. The van der Waals surface area contributed by atoms with Gasteiger partial charge >= 0.3 is 0 Å². The fourth-order valence-corrected chi connectivity index (χ4v) is 3.15. The fraction of sp³-hybridized carbons (Fsp3) is 0.529. The van der Waals surface area contributed by atoms with Crippen molar-refractivity contribution in [2.24, 2.45) is 11.8 Å². The maximum atomic E-state index is 12.3. The number of hydrogen-bond donors (Lipinski definition) is 1. The molecule has 128 valence electrons. The Balaban J connectivity index is 1.49. The molecule has 1 fully saturated rings. The summed E-state index contributed by atoms with van der Waals surface area (Å²) in [5.41, 5.74) is 1.49. The van der Waals surface area contributed by atoms with E-state index >= 15 is 0 Å². The summed E-state index contributed by atoms with van der Waals surface area (Å²) in [6.45, 7) is 8.59. The quantitative estimate of drug-likeness (QED) is 0.867. The molecule has 1 aromatic carbocycles. The minimum atomic E-state index is -0.0272. The van der Waals surface area contributed by atoms with Crippen molar-refractivity contribution in [1.82, 2.24) is 30.4 Å². The number of hydrogen-bond acceptors (Lipinski definition) is 5. The van der Waals surface area contributed by atoms with Crippen LogP contribution in [-0.4, -0.2) is 57.2 Å². The van der Waals surface area contributed by atoms with Gasteiger partial charge in [-0.25, -0.2) is 4.68 Å². The van der Waals surface area contributed by atoms with Gasteiger partial charge in [0.1, 0.15) is 6.33 Å². The van der Waals surface area contributed by atoms with E-state index in [4.69, 9.17) is 0 Å². The van der Waals surface area contributed by atoms with Crippen LogP contribution in [0.4, 0.5) is 0 Å². The number of nitrogens with one attached hydrogen (secondary N) is 1. The highest BCUT2D eigenvalue weighted by Crippen LogP contribution is 2.17. The van der Waals surface area contributed by atoms with Gasteiger partial charge in [-0.15, -0.1) is 5.10 Å². The van der Waals surface area contributed by atoms with Crippen LogP contribution >= 0.6 is 0 Å². The Morgan fingerprint density at radius 1 is 1.33 bits per heavy atom. The second-order valence-corrected chi connectivity index (χ2v) is 6.82. The molecule has 24 heavy (non-hydrogen) atoms. The van der Waals surface area contributed by atoms with E-state index in [9.17, 15) is 4.79 Å². The van der Waals surface area contributed by atoms with E-state index in [0.29, 0.717) is 17.4 Å². The number of benzene rings is 1. The van der Waals surface area contributed by atoms with Gasteiger partial charge in [-0.3, -0.25) is 4.79 Å². The molecule has 0 spiro atoms. The van der Waals surface area contributed by atoms with Crippen molar-refractivity contribution in [3.63, 3.8) is 0 Å². The average Bonchev–Trinajstić information content (AvgIpc) is 3.24. The molecule has 1 amide bonds. The Labute approximate surface area is 142 Å². The molecule has 7 nitrogen and oxygen atoms in total. The number of tetrazole rings is 1. The van der Waals surface area contributed by atoms with Crippen LogP contribution in [0.1, 0.15) is 30.6 Å². The molecule has 2 aromatic rings. The molecule has 0 unspecified atom stereocenters. The SMILES string of the molecule is CC(C)CN1CC[C@H](CNC(=O)c2ccc(-n3cnnn3)cc2)C1. The summed E-state index contributed by atoms with van der Waals surface area (Å²) in [5, 5.41) is 14.1. The molecule has 1 aromatic heterocycles. The topological polar surface area (TPSA) is 75.9 Å². The van der Waals surface area contributed by atoms with Crippen LogP contribution in [0, 0.1) is 11.8 Å². The lowest BCUT2D eigenvalue weighted by Crippen LogP contribution is -2.31.